The molecule has 0 aliphatic heterocycles. The van der Waals surface area contributed by atoms with Crippen LogP contribution in [0.3, 0.4) is 0 Å². The zero-order valence-electron chi connectivity index (χ0n) is 10.7. The average Bonchev–Trinajstić information content (AvgIpc) is 2.91. The third kappa shape index (κ3) is 3.14. The summed E-state index contributed by atoms with van der Waals surface area (Å²) in [4.78, 5) is 22.9. The number of aromatic carboxylic acids is 1. The number of anilines is 1. The Hall–Kier alpha value is -2.83. The first-order valence-corrected chi connectivity index (χ1v) is 5.85. The topological polar surface area (TPSA) is 104 Å². The Bertz CT molecular complexity index is 623. The number of para-hydroxylation sites is 1. The Morgan fingerprint density at radius 2 is 2.15 bits per heavy atom. The second-order valence-corrected chi connectivity index (χ2v) is 4.09. The van der Waals surface area contributed by atoms with Crippen LogP contribution in [0.15, 0.2) is 35.0 Å². The van der Waals surface area contributed by atoms with Crippen LogP contribution >= 0.6 is 0 Å². The SMILES string of the molecule is Cc1cccc(C(=O)O)c1NC(=O)NCc1ccno1. The molecule has 0 aliphatic carbocycles. The van der Waals surface area contributed by atoms with Crippen molar-refractivity contribution < 1.29 is 19.2 Å². The van der Waals surface area contributed by atoms with Crippen molar-refractivity contribution in [2.24, 2.45) is 0 Å². The van der Waals surface area contributed by atoms with Crippen molar-refractivity contribution >= 4 is 17.7 Å². The van der Waals surface area contributed by atoms with Crippen LogP contribution in [0, 0.1) is 6.92 Å². The Labute approximate surface area is 114 Å². The lowest BCUT2D eigenvalue weighted by Crippen LogP contribution is -2.29. The van der Waals surface area contributed by atoms with Gasteiger partial charge in [-0.25, -0.2) is 9.59 Å². The molecular weight excluding hydrogens is 262 g/mol. The van der Waals surface area contributed by atoms with Crippen molar-refractivity contribution in [3.63, 3.8) is 0 Å². The van der Waals surface area contributed by atoms with Crippen LogP contribution in [0.4, 0.5) is 10.5 Å². The van der Waals surface area contributed by atoms with Gasteiger partial charge in [-0.15, -0.1) is 0 Å². The Kier molecular flexibility index (Phi) is 3.99. The Balaban J connectivity index is 2.06. The number of aryl methyl sites for hydroxylation is 1. The summed E-state index contributed by atoms with van der Waals surface area (Å²) < 4.78 is 4.83. The molecule has 0 aliphatic rings. The van der Waals surface area contributed by atoms with Gasteiger partial charge in [0.2, 0.25) is 0 Å². The van der Waals surface area contributed by atoms with Crippen LogP contribution in [0.5, 0.6) is 0 Å². The predicted octanol–water partition coefficient (Wildman–Crippen LogP) is 2.00. The van der Waals surface area contributed by atoms with Crippen LogP contribution in [0.25, 0.3) is 0 Å². The summed E-state index contributed by atoms with van der Waals surface area (Å²) in [6.07, 6.45) is 1.47. The Morgan fingerprint density at radius 1 is 1.35 bits per heavy atom. The molecule has 0 saturated heterocycles. The highest BCUT2D eigenvalue weighted by molar-refractivity contribution is 6.00. The molecule has 3 N–H and O–H groups in total. The second kappa shape index (κ2) is 5.87. The van der Waals surface area contributed by atoms with Crippen LogP contribution in [-0.4, -0.2) is 22.3 Å². The number of rotatable bonds is 4. The zero-order chi connectivity index (χ0) is 14.5. The molecule has 2 amide bonds. The minimum Gasteiger partial charge on any atom is -0.478 e. The summed E-state index contributed by atoms with van der Waals surface area (Å²) in [7, 11) is 0. The summed E-state index contributed by atoms with van der Waals surface area (Å²) in [5.41, 5.74) is 0.981. The van der Waals surface area contributed by atoms with Gasteiger partial charge in [-0.3, -0.25) is 0 Å². The molecule has 0 fully saturated rings. The van der Waals surface area contributed by atoms with Gasteiger partial charge in [0.25, 0.3) is 0 Å². The third-order valence-electron chi connectivity index (χ3n) is 2.66. The molecule has 7 heteroatoms. The lowest BCUT2D eigenvalue weighted by Gasteiger charge is -2.11. The average molecular weight is 275 g/mol. The van der Waals surface area contributed by atoms with Gasteiger partial charge in [0.05, 0.1) is 24.0 Å². The molecule has 7 nitrogen and oxygen atoms in total. The molecule has 20 heavy (non-hydrogen) atoms. The number of carbonyl (C=O) groups excluding carboxylic acids is 1. The van der Waals surface area contributed by atoms with Crippen molar-refractivity contribution in [1.29, 1.82) is 0 Å². The number of benzene rings is 1. The van der Waals surface area contributed by atoms with Crippen molar-refractivity contribution in [2.45, 2.75) is 13.5 Å². The first-order chi connectivity index (χ1) is 9.58. The molecule has 2 rings (SSSR count). The quantitative estimate of drug-likeness (QED) is 0.791. The van der Waals surface area contributed by atoms with Crippen LogP contribution < -0.4 is 10.6 Å². The van der Waals surface area contributed by atoms with Gasteiger partial charge in [0, 0.05) is 6.07 Å². The highest BCUT2D eigenvalue weighted by Gasteiger charge is 2.14. The molecule has 0 bridgehead atoms. The molecule has 1 aromatic carbocycles. The smallest absolute Gasteiger partial charge is 0.337 e. The fourth-order valence-corrected chi connectivity index (χ4v) is 1.67. The van der Waals surface area contributed by atoms with E-state index in [0.29, 0.717) is 11.3 Å². The normalized spacial score (nSPS) is 10.1. The van der Waals surface area contributed by atoms with Gasteiger partial charge >= 0.3 is 12.0 Å². The number of carboxylic acids is 1. The fraction of sp³-hybridized carbons (Fsp3) is 0.154. The molecule has 0 atom stereocenters. The summed E-state index contributed by atoms with van der Waals surface area (Å²) >= 11 is 0. The molecule has 2 aromatic rings. The van der Waals surface area contributed by atoms with E-state index in [1.54, 1.807) is 25.1 Å². The van der Waals surface area contributed by atoms with E-state index in [0.717, 1.165) is 0 Å². The molecule has 0 radical (unpaired) electrons. The summed E-state index contributed by atoms with van der Waals surface area (Å²) in [5.74, 6) is -0.595. The molecule has 0 unspecified atom stereocenters. The first kappa shape index (κ1) is 13.6. The van der Waals surface area contributed by atoms with Crippen molar-refractivity contribution in [2.75, 3.05) is 5.32 Å². The molecule has 104 valence electrons. The Morgan fingerprint density at radius 3 is 2.80 bits per heavy atom. The number of carboxylic acid groups (broad SMARTS) is 1. The number of urea groups is 1. The molecular formula is C13H13N3O4. The van der Waals surface area contributed by atoms with Gasteiger partial charge in [0.15, 0.2) is 5.76 Å². The minimum absolute atomic E-state index is 0.0415. The largest absolute Gasteiger partial charge is 0.478 e. The van der Waals surface area contributed by atoms with Crippen molar-refractivity contribution in [3.8, 4) is 0 Å². The minimum atomic E-state index is -1.10. The van der Waals surface area contributed by atoms with Crippen molar-refractivity contribution in [1.82, 2.24) is 10.5 Å². The number of hydrogen-bond acceptors (Lipinski definition) is 4. The van der Waals surface area contributed by atoms with E-state index in [-0.39, 0.29) is 17.8 Å². The van der Waals surface area contributed by atoms with Gasteiger partial charge < -0.3 is 20.3 Å². The van der Waals surface area contributed by atoms with Crippen molar-refractivity contribution in [3.05, 3.63) is 47.3 Å². The van der Waals surface area contributed by atoms with E-state index >= 15 is 0 Å². The summed E-state index contributed by atoms with van der Waals surface area (Å²) in [6.45, 7) is 1.89. The second-order valence-electron chi connectivity index (χ2n) is 4.09. The standard InChI is InChI=1S/C13H13N3O4/c1-8-3-2-4-10(12(17)18)11(8)16-13(19)14-7-9-5-6-15-20-9/h2-6H,7H2,1H3,(H,17,18)(H2,14,16,19). The van der Waals surface area contributed by atoms with Gasteiger partial charge in [-0.2, -0.15) is 0 Å². The van der Waals surface area contributed by atoms with Crippen LogP contribution in [0.2, 0.25) is 0 Å². The number of aromatic nitrogens is 1. The fourth-order valence-electron chi connectivity index (χ4n) is 1.67. The number of nitrogens with zero attached hydrogens (tertiary/aromatic N) is 1. The maximum absolute atomic E-state index is 11.8. The predicted molar refractivity (Wildman–Crippen MR) is 70.5 cm³/mol. The van der Waals surface area contributed by atoms with E-state index < -0.39 is 12.0 Å². The monoisotopic (exact) mass is 275 g/mol. The molecule has 1 aromatic heterocycles. The van der Waals surface area contributed by atoms with E-state index in [2.05, 4.69) is 15.8 Å². The van der Waals surface area contributed by atoms with Gasteiger partial charge in [0.1, 0.15) is 0 Å². The lowest BCUT2D eigenvalue weighted by atomic mass is 10.1. The highest BCUT2D eigenvalue weighted by Crippen LogP contribution is 2.20. The van der Waals surface area contributed by atoms with Gasteiger partial charge in [-0.05, 0) is 18.6 Å². The number of nitrogens with one attached hydrogen (secondary N) is 2. The third-order valence-corrected chi connectivity index (χ3v) is 2.66. The number of hydrogen-bond donors (Lipinski definition) is 3. The van der Waals surface area contributed by atoms with E-state index in [1.165, 1.54) is 12.3 Å². The lowest BCUT2D eigenvalue weighted by molar-refractivity contribution is 0.0698. The maximum atomic E-state index is 11.8. The van der Waals surface area contributed by atoms with Gasteiger partial charge in [-0.1, -0.05) is 17.3 Å². The number of carbonyl (C=O) groups is 2. The summed E-state index contributed by atoms with van der Waals surface area (Å²) in [6, 6.07) is 5.88. The van der Waals surface area contributed by atoms with E-state index in [1.807, 2.05) is 0 Å². The first-order valence-electron chi connectivity index (χ1n) is 5.85. The van der Waals surface area contributed by atoms with E-state index in [4.69, 9.17) is 9.63 Å². The number of amides is 2. The maximum Gasteiger partial charge on any atom is 0.337 e. The molecule has 0 spiro atoms. The van der Waals surface area contributed by atoms with E-state index in [9.17, 15) is 9.59 Å². The molecule has 1 heterocycles. The van der Waals surface area contributed by atoms with Crippen LogP contribution in [-0.2, 0) is 6.54 Å². The van der Waals surface area contributed by atoms with Crippen LogP contribution in [0.1, 0.15) is 21.7 Å². The highest BCUT2D eigenvalue weighted by atomic mass is 16.5. The zero-order valence-corrected chi connectivity index (χ0v) is 10.7. The summed E-state index contributed by atoms with van der Waals surface area (Å²) in [5, 5.41) is 17.7. The molecule has 0 saturated carbocycles.